The third-order valence-corrected chi connectivity index (χ3v) is 9.96. The van der Waals surface area contributed by atoms with Gasteiger partial charge < -0.3 is 9.52 Å². The molecular formula is C43H27N3O2. The van der Waals surface area contributed by atoms with Crippen LogP contribution >= 0.6 is 0 Å². The molecule has 48 heavy (non-hydrogen) atoms. The Labute approximate surface area is 276 Å². The van der Waals surface area contributed by atoms with Crippen LogP contribution in [0.4, 0.5) is 0 Å². The van der Waals surface area contributed by atoms with Crippen LogP contribution in [0, 0.1) is 0 Å². The molecule has 5 heteroatoms. The van der Waals surface area contributed by atoms with Gasteiger partial charge in [0.1, 0.15) is 5.52 Å². The van der Waals surface area contributed by atoms with Gasteiger partial charge in [0, 0.05) is 29.1 Å². The van der Waals surface area contributed by atoms with E-state index in [0.29, 0.717) is 11.7 Å². The fraction of sp³-hybridized carbons (Fsp3) is 0.0465. The highest BCUT2D eigenvalue weighted by Crippen LogP contribution is 2.62. The molecule has 0 atom stereocenters. The van der Waals surface area contributed by atoms with Crippen LogP contribution < -0.4 is 0 Å². The summed E-state index contributed by atoms with van der Waals surface area (Å²) in [5.41, 5.74) is 15.6. The molecule has 0 amide bonds. The van der Waals surface area contributed by atoms with E-state index in [-0.39, 0.29) is 6.61 Å². The molecule has 2 aliphatic rings. The summed E-state index contributed by atoms with van der Waals surface area (Å²) < 4.78 is 6.04. The molecule has 226 valence electrons. The van der Waals surface area contributed by atoms with Crippen LogP contribution in [0.1, 0.15) is 27.8 Å². The minimum atomic E-state index is -0.416. The van der Waals surface area contributed by atoms with Gasteiger partial charge in [0.25, 0.3) is 0 Å². The minimum absolute atomic E-state index is 0.106. The quantitative estimate of drug-likeness (QED) is 0.213. The molecule has 6 aromatic carbocycles. The number of aliphatic hydroxyl groups is 1. The standard InChI is InChI=1S/C43H27N3O2/c47-25-26-19-28(21-29(20-26)42-46-39-15-7-8-16-40(39)48-42)30-23-44-41(45-24-30)27-17-18-34-33-11-3-6-14-37(33)43(38(34)22-27)35-12-4-1-9-31(35)32-10-2-5-13-36(32)43/h1-24,47H,25H2. The van der Waals surface area contributed by atoms with E-state index in [1.54, 1.807) is 0 Å². The molecule has 2 aromatic heterocycles. The Morgan fingerprint density at radius 3 is 1.75 bits per heavy atom. The SMILES string of the molecule is OCc1cc(-c2cnc(-c3ccc4c(c3)C3(c5ccccc5-c5ccccc53)c3ccccc3-4)nc2)cc(-c2nc3ccccc3o2)c1. The maximum atomic E-state index is 10.1. The number of fused-ring (bicyclic) bond motifs is 11. The van der Waals surface area contributed by atoms with Crippen molar-refractivity contribution in [2.75, 3.05) is 0 Å². The number of nitrogens with zero attached hydrogens (tertiary/aromatic N) is 3. The second-order valence-corrected chi connectivity index (χ2v) is 12.5. The summed E-state index contributed by atoms with van der Waals surface area (Å²) in [5, 5.41) is 10.1. The maximum Gasteiger partial charge on any atom is 0.227 e. The molecule has 10 rings (SSSR count). The number of hydrogen-bond acceptors (Lipinski definition) is 5. The van der Waals surface area contributed by atoms with Crippen LogP contribution in [0.5, 0.6) is 0 Å². The van der Waals surface area contributed by atoms with Crippen LogP contribution in [0.25, 0.3) is 67.3 Å². The van der Waals surface area contributed by atoms with Crippen LogP contribution in [0.15, 0.2) is 150 Å². The van der Waals surface area contributed by atoms with Gasteiger partial charge in [0.05, 0.1) is 12.0 Å². The lowest BCUT2D eigenvalue weighted by atomic mass is 9.70. The predicted octanol–water partition coefficient (Wildman–Crippen LogP) is 9.45. The number of benzene rings is 6. The molecule has 2 aliphatic carbocycles. The Balaban J connectivity index is 1.09. The van der Waals surface area contributed by atoms with E-state index in [1.165, 1.54) is 44.5 Å². The summed E-state index contributed by atoms with van der Waals surface area (Å²) in [6, 6.07) is 46.7. The van der Waals surface area contributed by atoms with Gasteiger partial charge in [-0.1, -0.05) is 97.1 Å². The highest BCUT2D eigenvalue weighted by molar-refractivity contribution is 5.95. The van der Waals surface area contributed by atoms with Gasteiger partial charge in [-0.3, -0.25) is 0 Å². The number of aliphatic hydroxyl groups excluding tert-OH is 1. The Bertz CT molecular complexity index is 2470. The van der Waals surface area contributed by atoms with E-state index < -0.39 is 5.41 Å². The molecule has 0 saturated carbocycles. The largest absolute Gasteiger partial charge is 0.436 e. The lowest BCUT2D eigenvalue weighted by Crippen LogP contribution is -2.25. The first-order chi connectivity index (χ1) is 23.7. The van der Waals surface area contributed by atoms with Crippen LogP contribution in [-0.4, -0.2) is 20.1 Å². The highest BCUT2D eigenvalue weighted by atomic mass is 16.3. The third-order valence-electron chi connectivity index (χ3n) is 9.96. The van der Waals surface area contributed by atoms with Crippen molar-refractivity contribution in [2.24, 2.45) is 0 Å². The van der Waals surface area contributed by atoms with Crippen molar-refractivity contribution in [1.82, 2.24) is 15.0 Å². The Morgan fingerprint density at radius 1 is 0.521 bits per heavy atom. The number of hydrogen-bond donors (Lipinski definition) is 1. The van der Waals surface area contributed by atoms with Gasteiger partial charge in [-0.15, -0.1) is 0 Å². The summed E-state index contributed by atoms with van der Waals surface area (Å²) in [4.78, 5) is 14.4. The molecule has 8 aromatic rings. The lowest BCUT2D eigenvalue weighted by Gasteiger charge is -2.30. The molecule has 0 saturated heterocycles. The molecule has 0 bridgehead atoms. The van der Waals surface area contributed by atoms with Crippen LogP contribution in [0.3, 0.4) is 0 Å². The number of aromatic nitrogens is 3. The zero-order chi connectivity index (χ0) is 31.8. The average Bonchev–Trinajstić information content (AvgIpc) is 3.82. The molecule has 2 heterocycles. The summed E-state index contributed by atoms with van der Waals surface area (Å²) >= 11 is 0. The zero-order valence-corrected chi connectivity index (χ0v) is 25.8. The van der Waals surface area contributed by atoms with E-state index in [4.69, 9.17) is 14.4 Å². The van der Waals surface area contributed by atoms with E-state index in [9.17, 15) is 5.11 Å². The number of oxazole rings is 1. The highest BCUT2D eigenvalue weighted by Gasteiger charge is 2.51. The van der Waals surface area contributed by atoms with Crippen LogP contribution in [0.2, 0.25) is 0 Å². The molecule has 0 unspecified atom stereocenters. The summed E-state index contributed by atoms with van der Waals surface area (Å²) in [7, 11) is 0. The molecule has 5 nitrogen and oxygen atoms in total. The second-order valence-electron chi connectivity index (χ2n) is 12.5. The average molecular weight is 618 g/mol. The number of rotatable bonds is 4. The van der Waals surface area contributed by atoms with E-state index in [0.717, 1.165) is 38.9 Å². The van der Waals surface area contributed by atoms with Gasteiger partial charge in [0.2, 0.25) is 5.89 Å². The van der Waals surface area contributed by atoms with E-state index in [1.807, 2.05) is 54.9 Å². The Hall–Kier alpha value is -6.17. The first-order valence-electron chi connectivity index (χ1n) is 16.1. The normalized spacial score (nSPS) is 13.4. The van der Waals surface area contributed by atoms with Gasteiger partial charge in [0.15, 0.2) is 11.4 Å². The maximum absolute atomic E-state index is 10.1. The van der Waals surface area contributed by atoms with E-state index >= 15 is 0 Å². The fourth-order valence-corrected chi connectivity index (χ4v) is 7.93. The van der Waals surface area contributed by atoms with Crippen molar-refractivity contribution in [2.45, 2.75) is 12.0 Å². The van der Waals surface area contributed by atoms with Crippen molar-refractivity contribution < 1.29 is 9.52 Å². The smallest absolute Gasteiger partial charge is 0.227 e. The second kappa shape index (κ2) is 10.2. The summed E-state index contributed by atoms with van der Waals surface area (Å²) in [6.45, 7) is -0.106. The van der Waals surface area contributed by atoms with Gasteiger partial charge in [-0.25, -0.2) is 15.0 Å². The monoisotopic (exact) mass is 617 g/mol. The Morgan fingerprint density at radius 2 is 1.10 bits per heavy atom. The third kappa shape index (κ3) is 3.73. The van der Waals surface area contributed by atoms with Gasteiger partial charge in [-0.05, 0) is 92.0 Å². The van der Waals surface area contributed by atoms with Crippen molar-refractivity contribution in [3.05, 3.63) is 174 Å². The lowest BCUT2D eigenvalue weighted by molar-refractivity contribution is 0.282. The Kier molecular flexibility index (Phi) is 5.72. The number of para-hydroxylation sites is 2. The van der Waals surface area contributed by atoms with Gasteiger partial charge in [-0.2, -0.15) is 0 Å². The van der Waals surface area contributed by atoms with E-state index in [2.05, 4.69) is 96.0 Å². The van der Waals surface area contributed by atoms with Crippen molar-refractivity contribution in [3.8, 4) is 56.2 Å². The molecular weight excluding hydrogens is 590 g/mol. The first kappa shape index (κ1) is 27.0. The topological polar surface area (TPSA) is 72.0 Å². The molecule has 1 N–H and O–H groups in total. The molecule has 0 aliphatic heterocycles. The zero-order valence-electron chi connectivity index (χ0n) is 25.8. The summed E-state index contributed by atoms with van der Waals surface area (Å²) in [6.07, 6.45) is 3.71. The molecule has 1 spiro atoms. The fourth-order valence-electron chi connectivity index (χ4n) is 7.93. The first-order valence-corrected chi connectivity index (χ1v) is 16.1. The molecule has 0 radical (unpaired) electrons. The minimum Gasteiger partial charge on any atom is -0.436 e. The summed E-state index contributed by atoms with van der Waals surface area (Å²) in [5.74, 6) is 1.16. The molecule has 0 fully saturated rings. The van der Waals surface area contributed by atoms with Crippen molar-refractivity contribution >= 4 is 11.1 Å². The van der Waals surface area contributed by atoms with Gasteiger partial charge >= 0.3 is 0 Å². The van der Waals surface area contributed by atoms with Crippen molar-refractivity contribution in [3.63, 3.8) is 0 Å². The predicted molar refractivity (Wildman–Crippen MR) is 188 cm³/mol. The van der Waals surface area contributed by atoms with Crippen molar-refractivity contribution in [1.29, 1.82) is 0 Å². The van der Waals surface area contributed by atoms with Crippen LogP contribution in [-0.2, 0) is 12.0 Å².